The molecule has 3 saturated heterocycles. The first-order valence-electron chi connectivity index (χ1n) is 18.3. The van der Waals surface area contributed by atoms with Crippen LogP contribution in [0.5, 0.6) is 0 Å². The summed E-state index contributed by atoms with van der Waals surface area (Å²) in [5.41, 5.74) is 4.09. The van der Waals surface area contributed by atoms with E-state index in [0.29, 0.717) is 57.9 Å². The zero-order valence-electron chi connectivity index (χ0n) is 30.2. The van der Waals surface area contributed by atoms with Gasteiger partial charge in [0.05, 0.1) is 42.6 Å². The van der Waals surface area contributed by atoms with Crippen molar-refractivity contribution in [1.82, 2.24) is 39.8 Å². The van der Waals surface area contributed by atoms with E-state index >= 15 is 0 Å². The van der Waals surface area contributed by atoms with Gasteiger partial charge in [0.1, 0.15) is 5.60 Å². The first-order chi connectivity index (χ1) is 25.0. The highest BCUT2D eigenvalue weighted by atomic mass is 16.6. The van der Waals surface area contributed by atoms with Gasteiger partial charge in [-0.15, -0.1) is 0 Å². The second-order valence-corrected chi connectivity index (χ2v) is 15.1. The van der Waals surface area contributed by atoms with E-state index in [9.17, 15) is 19.2 Å². The van der Waals surface area contributed by atoms with Crippen molar-refractivity contribution in [3.63, 3.8) is 0 Å². The molecule has 15 heteroatoms. The quantitative estimate of drug-likeness (QED) is 0.347. The highest BCUT2D eigenvalue weighted by Gasteiger charge is 2.30. The molecule has 1 aromatic carbocycles. The molecule has 0 bridgehead atoms. The predicted octanol–water partition coefficient (Wildman–Crippen LogP) is 3.22. The lowest BCUT2D eigenvalue weighted by molar-refractivity contribution is -0.135. The van der Waals surface area contributed by atoms with Crippen LogP contribution >= 0.6 is 0 Å². The maximum absolute atomic E-state index is 13.3. The van der Waals surface area contributed by atoms with Gasteiger partial charge in [-0.2, -0.15) is 5.10 Å². The number of hydrogen-bond acceptors (Lipinski definition) is 11. The number of fused-ring (bicyclic) bond motifs is 1. The van der Waals surface area contributed by atoms with Crippen molar-refractivity contribution in [2.24, 2.45) is 0 Å². The van der Waals surface area contributed by atoms with E-state index < -0.39 is 5.60 Å². The number of anilines is 3. The second-order valence-electron chi connectivity index (χ2n) is 15.1. The highest BCUT2D eigenvalue weighted by molar-refractivity contribution is 6.01. The van der Waals surface area contributed by atoms with Crippen LogP contribution < -0.4 is 15.5 Å². The number of ether oxygens (including phenoxy) is 1. The highest BCUT2D eigenvalue weighted by Crippen LogP contribution is 2.28. The van der Waals surface area contributed by atoms with E-state index in [1.807, 2.05) is 67.0 Å². The number of rotatable bonds is 7. The normalized spacial score (nSPS) is 20.4. The van der Waals surface area contributed by atoms with Crippen molar-refractivity contribution in [3.8, 4) is 0 Å². The fourth-order valence-electron chi connectivity index (χ4n) is 7.34. The fourth-order valence-corrected chi connectivity index (χ4v) is 7.34. The molecule has 1 atom stereocenters. The standard InChI is InChI=1S/C37H48N10O5/c1-37(2,3)52-36(51)46-13-10-26-20-38-35(41-31(26)23-46)40-27-21-39-47(22-27)29-11-14-45(15-12-29)33(49)24-43-16-18-44(19-17-43)28-6-4-25(5-7-28)30-8-9-32(48)42-34(30)50/h4-7,20-22,29-30H,8-19,23-24H2,1-3H3,(H,38,40,41)(H,42,48,50). The third-order valence-corrected chi connectivity index (χ3v) is 10.3. The molecule has 7 rings (SSSR count). The number of piperidine rings is 2. The largest absolute Gasteiger partial charge is 0.444 e. The topological polar surface area (TPSA) is 158 Å². The summed E-state index contributed by atoms with van der Waals surface area (Å²) >= 11 is 0. The summed E-state index contributed by atoms with van der Waals surface area (Å²) in [5.74, 6) is -0.0842. The molecule has 4 aliphatic rings. The molecular weight excluding hydrogens is 664 g/mol. The molecule has 3 aromatic rings. The summed E-state index contributed by atoms with van der Waals surface area (Å²) in [6, 6.07) is 8.27. The number of nitrogens with zero attached hydrogens (tertiary/aromatic N) is 8. The first-order valence-corrected chi connectivity index (χ1v) is 18.3. The minimum absolute atomic E-state index is 0.165. The molecule has 15 nitrogen and oxygen atoms in total. The van der Waals surface area contributed by atoms with Crippen LogP contribution in [0.15, 0.2) is 42.9 Å². The van der Waals surface area contributed by atoms with E-state index in [0.717, 1.165) is 67.2 Å². The van der Waals surface area contributed by atoms with Crippen LogP contribution in [0, 0.1) is 0 Å². The number of benzene rings is 1. The van der Waals surface area contributed by atoms with Crippen LogP contribution in [-0.4, -0.2) is 116 Å². The Labute approximate surface area is 303 Å². The fraction of sp³-hybridized carbons (Fsp3) is 0.541. The van der Waals surface area contributed by atoms with Gasteiger partial charge in [0.2, 0.25) is 23.7 Å². The van der Waals surface area contributed by atoms with E-state index in [1.165, 1.54) is 0 Å². The molecule has 4 aliphatic heterocycles. The Morgan fingerprint density at radius 3 is 2.38 bits per heavy atom. The minimum Gasteiger partial charge on any atom is -0.444 e. The van der Waals surface area contributed by atoms with E-state index in [2.05, 4.69) is 30.5 Å². The molecule has 2 aromatic heterocycles. The molecule has 0 aliphatic carbocycles. The van der Waals surface area contributed by atoms with Crippen molar-refractivity contribution >= 4 is 41.1 Å². The Bertz CT molecular complexity index is 1790. The summed E-state index contributed by atoms with van der Waals surface area (Å²) in [5, 5.41) is 10.3. The number of aromatic nitrogens is 4. The molecule has 0 radical (unpaired) electrons. The number of nitrogens with one attached hydrogen (secondary N) is 2. The molecule has 3 fully saturated rings. The molecular formula is C37H48N10O5. The van der Waals surface area contributed by atoms with Crippen molar-refractivity contribution in [1.29, 1.82) is 0 Å². The number of carbonyl (C=O) groups is 4. The van der Waals surface area contributed by atoms with Gasteiger partial charge in [-0.3, -0.25) is 29.3 Å². The van der Waals surface area contributed by atoms with E-state index in [-0.39, 0.29) is 35.8 Å². The van der Waals surface area contributed by atoms with Gasteiger partial charge >= 0.3 is 6.09 Å². The molecule has 0 spiro atoms. The third-order valence-electron chi connectivity index (χ3n) is 10.3. The Kier molecular flexibility index (Phi) is 10.1. The Morgan fingerprint density at radius 1 is 0.923 bits per heavy atom. The van der Waals surface area contributed by atoms with Crippen molar-refractivity contribution in [3.05, 3.63) is 59.7 Å². The zero-order chi connectivity index (χ0) is 36.4. The van der Waals surface area contributed by atoms with Gasteiger partial charge in [-0.1, -0.05) is 12.1 Å². The lowest BCUT2D eigenvalue weighted by atomic mass is 9.90. The summed E-state index contributed by atoms with van der Waals surface area (Å²) in [6.07, 6.45) is 8.44. The molecule has 52 heavy (non-hydrogen) atoms. The van der Waals surface area contributed by atoms with Crippen LogP contribution in [0.3, 0.4) is 0 Å². The zero-order valence-corrected chi connectivity index (χ0v) is 30.2. The van der Waals surface area contributed by atoms with E-state index in [1.54, 1.807) is 11.1 Å². The molecule has 0 saturated carbocycles. The number of carbonyl (C=O) groups excluding carboxylic acids is 4. The Balaban J connectivity index is 0.844. The number of piperazine rings is 1. The lowest BCUT2D eigenvalue weighted by Crippen LogP contribution is -2.51. The van der Waals surface area contributed by atoms with Gasteiger partial charge in [-0.25, -0.2) is 14.8 Å². The monoisotopic (exact) mass is 712 g/mol. The van der Waals surface area contributed by atoms with Crippen molar-refractivity contribution < 1.29 is 23.9 Å². The summed E-state index contributed by atoms with van der Waals surface area (Å²) < 4.78 is 7.51. The van der Waals surface area contributed by atoms with Gasteiger partial charge in [0, 0.05) is 70.3 Å². The van der Waals surface area contributed by atoms with Gasteiger partial charge in [-0.05, 0) is 69.7 Å². The number of imide groups is 1. The van der Waals surface area contributed by atoms with Crippen molar-refractivity contribution in [2.75, 3.05) is 62.6 Å². The summed E-state index contributed by atoms with van der Waals surface area (Å²) in [7, 11) is 0. The Morgan fingerprint density at radius 2 is 1.67 bits per heavy atom. The average molecular weight is 713 g/mol. The molecule has 6 heterocycles. The molecule has 1 unspecified atom stereocenters. The number of hydrogen-bond donors (Lipinski definition) is 2. The number of likely N-dealkylation sites (tertiary alicyclic amines) is 1. The minimum atomic E-state index is -0.556. The third kappa shape index (κ3) is 8.35. The summed E-state index contributed by atoms with van der Waals surface area (Å²) in [4.78, 5) is 67.0. The van der Waals surface area contributed by atoms with E-state index in [4.69, 9.17) is 9.72 Å². The number of amides is 4. The van der Waals surface area contributed by atoms with Crippen LogP contribution in [-0.2, 0) is 32.1 Å². The molecule has 2 N–H and O–H groups in total. The smallest absolute Gasteiger partial charge is 0.410 e. The maximum Gasteiger partial charge on any atom is 0.410 e. The molecule has 276 valence electrons. The Hall–Kier alpha value is -5.05. The maximum atomic E-state index is 13.3. The van der Waals surface area contributed by atoms with Crippen LogP contribution in [0.1, 0.15) is 75.2 Å². The van der Waals surface area contributed by atoms with Crippen molar-refractivity contribution in [2.45, 2.75) is 77.0 Å². The lowest BCUT2D eigenvalue weighted by Gasteiger charge is -2.38. The predicted molar refractivity (Wildman–Crippen MR) is 193 cm³/mol. The average Bonchev–Trinajstić information content (AvgIpc) is 3.59. The first kappa shape index (κ1) is 35.4. The SMILES string of the molecule is CC(C)(C)OC(=O)N1CCc2cnc(Nc3cnn(C4CCN(C(=O)CN5CCN(c6ccc(C7CCC(=O)NC7=O)cc6)CC5)CC4)c3)nc2C1. The van der Waals surface area contributed by atoms with Gasteiger partial charge < -0.3 is 24.8 Å². The molecule has 4 amide bonds. The van der Waals surface area contributed by atoms with Crippen LogP contribution in [0.2, 0.25) is 0 Å². The second kappa shape index (κ2) is 14.9. The van der Waals surface area contributed by atoms with Crippen LogP contribution in [0.25, 0.3) is 0 Å². The summed E-state index contributed by atoms with van der Waals surface area (Å²) in [6.45, 7) is 11.6. The van der Waals surface area contributed by atoms with Gasteiger partial charge in [0.15, 0.2) is 0 Å². The van der Waals surface area contributed by atoms with Gasteiger partial charge in [0.25, 0.3) is 0 Å². The van der Waals surface area contributed by atoms with Crippen LogP contribution in [0.4, 0.5) is 22.1 Å².